The molecule has 1 aromatic rings. The third-order valence-corrected chi connectivity index (χ3v) is 3.37. The van der Waals surface area contributed by atoms with Crippen LogP contribution in [0.15, 0.2) is 40.1 Å². The highest BCUT2D eigenvalue weighted by molar-refractivity contribution is 9.10. The van der Waals surface area contributed by atoms with E-state index in [4.69, 9.17) is 5.26 Å². The number of benzene rings is 1. The largest absolute Gasteiger partial charge is 0.311 e. The Morgan fingerprint density at radius 3 is 2.58 bits per heavy atom. The van der Waals surface area contributed by atoms with Gasteiger partial charge in [0.05, 0.1) is 11.6 Å². The summed E-state index contributed by atoms with van der Waals surface area (Å²) in [5.41, 5.74) is 1.23. The number of nitrogens with zero attached hydrogens (tertiary/aromatic N) is 2. The van der Waals surface area contributed by atoms with E-state index in [1.807, 2.05) is 24.3 Å². The number of amides is 1. The number of allylic oxidation sites excluding steroid dienone is 1. The molecule has 0 radical (unpaired) electrons. The first-order valence-electron chi connectivity index (χ1n) is 5.50. The number of halogens is 1. The first kappa shape index (κ1) is 13.1. The summed E-state index contributed by atoms with van der Waals surface area (Å²) in [6.07, 6.45) is 1.92. The number of hydrogen-bond donors (Lipinski definition) is 2. The molecule has 2 rings (SSSR count). The van der Waals surface area contributed by atoms with Gasteiger partial charge in [0.1, 0.15) is 5.82 Å². The molecule has 1 unspecified atom stereocenters. The summed E-state index contributed by atoms with van der Waals surface area (Å²) in [6, 6.07) is 9.48. The van der Waals surface area contributed by atoms with Crippen LogP contribution >= 0.6 is 15.9 Å². The van der Waals surface area contributed by atoms with Crippen molar-refractivity contribution in [2.45, 2.75) is 12.3 Å². The van der Waals surface area contributed by atoms with Crippen molar-refractivity contribution in [2.24, 2.45) is 0 Å². The van der Waals surface area contributed by atoms with Gasteiger partial charge >= 0.3 is 0 Å². The Balaban J connectivity index is 2.46. The molecule has 1 heterocycles. The monoisotopic (exact) mass is 316 g/mol. The van der Waals surface area contributed by atoms with Crippen molar-refractivity contribution in [3.8, 4) is 12.3 Å². The minimum atomic E-state index is -0.331. The lowest BCUT2D eigenvalue weighted by molar-refractivity contribution is -0.121. The Morgan fingerprint density at radius 2 is 2.00 bits per heavy atom. The van der Waals surface area contributed by atoms with E-state index in [-0.39, 0.29) is 24.1 Å². The van der Waals surface area contributed by atoms with Gasteiger partial charge in [0.2, 0.25) is 5.91 Å². The summed E-state index contributed by atoms with van der Waals surface area (Å²) in [4.78, 5) is 11.6. The maximum atomic E-state index is 11.6. The van der Waals surface area contributed by atoms with Gasteiger partial charge in [-0.2, -0.15) is 10.5 Å². The van der Waals surface area contributed by atoms with Crippen LogP contribution in [-0.4, -0.2) is 5.91 Å². The van der Waals surface area contributed by atoms with Crippen LogP contribution in [0.25, 0.3) is 0 Å². The van der Waals surface area contributed by atoms with Crippen LogP contribution < -0.4 is 10.6 Å². The molecule has 1 aromatic carbocycles. The number of nitriles is 2. The van der Waals surface area contributed by atoms with Crippen molar-refractivity contribution < 1.29 is 4.79 Å². The molecular formula is C13H9BrN4O. The summed E-state index contributed by atoms with van der Waals surface area (Å²) in [5.74, 6) is -0.374. The van der Waals surface area contributed by atoms with Gasteiger partial charge in [-0.05, 0) is 17.7 Å². The zero-order valence-corrected chi connectivity index (χ0v) is 11.4. The van der Waals surface area contributed by atoms with Crippen LogP contribution in [0.3, 0.4) is 0 Å². The van der Waals surface area contributed by atoms with Gasteiger partial charge in [0.15, 0.2) is 6.19 Å². The first-order valence-corrected chi connectivity index (χ1v) is 6.29. The molecule has 6 heteroatoms. The second-order valence-corrected chi connectivity index (χ2v) is 4.91. The van der Waals surface area contributed by atoms with Crippen molar-refractivity contribution in [3.63, 3.8) is 0 Å². The van der Waals surface area contributed by atoms with Gasteiger partial charge in [-0.25, -0.2) is 0 Å². The quantitative estimate of drug-likeness (QED) is 0.644. The molecule has 2 N–H and O–H groups in total. The standard InChI is InChI=1S/C13H9BrN4O/c14-9-3-1-8(2-4-9)10-5-12(19)18-13(17-7-16)11(10)6-15/h1-4,10,17H,5H2,(H,18,19). The first-order chi connectivity index (χ1) is 9.15. The van der Waals surface area contributed by atoms with Gasteiger partial charge in [0.25, 0.3) is 0 Å². The summed E-state index contributed by atoms with van der Waals surface area (Å²) in [6.45, 7) is 0. The van der Waals surface area contributed by atoms with E-state index in [9.17, 15) is 10.1 Å². The van der Waals surface area contributed by atoms with Crippen molar-refractivity contribution in [3.05, 3.63) is 45.7 Å². The van der Waals surface area contributed by atoms with Gasteiger partial charge < -0.3 is 5.32 Å². The van der Waals surface area contributed by atoms with E-state index in [0.29, 0.717) is 5.57 Å². The SMILES string of the molecule is N#CNC1=C(C#N)C(c2ccc(Br)cc2)CC(=O)N1. The fraction of sp³-hybridized carbons (Fsp3) is 0.154. The maximum Gasteiger partial charge on any atom is 0.226 e. The molecule has 1 aliphatic heterocycles. The lowest BCUT2D eigenvalue weighted by Crippen LogP contribution is -2.37. The van der Waals surface area contributed by atoms with Gasteiger partial charge in [0, 0.05) is 16.8 Å². The molecule has 0 saturated heterocycles. The fourth-order valence-corrected chi connectivity index (χ4v) is 2.25. The average molecular weight is 317 g/mol. The summed E-state index contributed by atoms with van der Waals surface area (Å²) < 4.78 is 0.925. The van der Waals surface area contributed by atoms with Gasteiger partial charge in [-0.3, -0.25) is 10.1 Å². The maximum absolute atomic E-state index is 11.6. The Kier molecular flexibility index (Phi) is 3.84. The van der Waals surface area contributed by atoms with E-state index >= 15 is 0 Å². The Hall–Kier alpha value is -2.31. The smallest absolute Gasteiger partial charge is 0.226 e. The van der Waals surface area contributed by atoms with E-state index in [2.05, 4.69) is 32.6 Å². The molecule has 0 fully saturated rings. The molecule has 0 aliphatic carbocycles. The highest BCUT2D eigenvalue weighted by Gasteiger charge is 2.29. The number of carbonyl (C=O) groups is 1. The third kappa shape index (κ3) is 2.75. The molecule has 0 bridgehead atoms. The zero-order valence-electron chi connectivity index (χ0n) is 9.77. The van der Waals surface area contributed by atoms with E-state index < -0.39 is 0 Å². The number of rotatable bonds is 2. The number of hydrogen-bond acceptors (Lipinski definition) is 4. The average Bonchev–Trinajstić information content (AvgIpc) is 2.39. The lowest BCUT2D eigenvalue weighted by Gasteiger charge is -2.24. The molecule has 1 aliphatic rings. The minimum absolute atomic E-state index is 0.175. The van der Waals surface area contributed by atoms with Gasteiger partial charge in [-0.1, -0.05) is 28.1 Å². The van der Waals surface area contributed by atoms with Crippen LogP contribution in [0.5, 0.6) is 0 Å². The third-order valence-electron chi connectivity index (χ3n) is 2.85. The molecule has 19 heavy (non-hydrogen) atoms. The number of carbonyl (C=O) groups excluding carboxylic acids is 1. The molecule has 0 aromatic heterocycles. The molecule has 5 nitrogen and oxygen atoms in total. The lowest BCUT2D eigenvalue weighted by atomic mass is 9.86. The van der Waals surface area contributed by atoms with Crippen LogP contribution in [0.1, 0.15) is 17.9 Å². The fourth-order valence-electron chi connectivity index (χ4n) is 1.99. The van der Waals surface area contributed by atoms with Crippen LogP contribution in [0.4, 0.5) is 0 Å². The molecule has 0 spiro atoms. The number of nitrogens with one attached hydrogen (secondary N) is 2. The highest BCUT2D eigenvalue weighted by atomic mass is 79.9. The van der Waals surface area contributed by atoms with Crippen molar-refractivity contribution in [2.75, 3.05) is 0 Å². The molecular weight excluding hydrogens is 308 g/mol. The predicted octanol–water partition coefficient (Wildman–Crippen LogP) is 1.86. The second kappa shape index (κ2) is 5.55. The summed E-state index contributed by atoms with van der Waals surface area (Å²) in [5, 5.41) is 22.7. The Bertz CT molecular complexity index is 622. The minimum Gasteiger partial charge on any atom is -0.311 e. The molecule has 94 valence electrons. The Labute approximate surface area is 118 Å². The topological polar surface area (TPSA) is 88.7 Å². The van der Waals surface area contributed by atoms with E-state index in [0.717, 1.165) is 10.0 Å². The van der Waals surface area contributed by atoms with E-state index in [1.54, 1.807) is 6.19 Å². The molecule has 1 amide bonds. The molecule has 0 saturated carbocycles. The van der Waals surface area contributed by atoms with Crippen molar-refractivity contribution in [1.82, 2.24) is 10.6 Å². The Morgan fingerprint density at radius 1 is 1.32 bits per heavy atom. The van der Waals surface area contributed by atoms with Crippen LogP contribution in [0, 0.1) is 22.8 Å². The predicted molar refractivity (Wildman–Crippen MR) is 71.0 cm³/mol. The molecule has 1 atom stereocenters. The normalized spacial score (nSPS) is 18.3. The van der Waals surface area contributed by atoms with Crippen molar-refractivity contribution >= 4 is 21.8 Å². The second-order valence-electron chi connectivity index (χ2n) is 3.99. The van der Waals surface area contributed by atoms with E-state index in [1.165, 1.54) is 0 Å². The van der Waals surface area contributed by atoms with Crippen LogP contribution in [0.2, 0.25) is 0 Å². The zero-order chi connectivity index (χ0) is 13.8. The summed E-state index contributed by atoms with van der Waals surface area (Å²) >= 11 is 3.34. The van der Waals surface area contributed by atoms with Crippen LogP contribution in [-0.2, 0) is 4.79 Å². The van der Waals surface area contributed by atoms with Gasteiger partial charge in [-0.15, -0.1) is 0 Å². The van der Waals surface area contributed by atoms with Crippen molar-refractivity contribution in [1.29, 1.82) is 10.5 Å². The summed E-state index contributed by atoms with van der Waals surface area (Å²) in [7, 11) is 0. The highest BCUT2D eigenvalue weighted by Crippen LogP contribution is 2.32.